The molecule has 0 aliphatic carbocycles. The number of amides is 1. The summed E-state index contributed by atoms with van der Waals surface area (Å²) in [7, 11) is 0. The normalized spacial score (nSPS) is 10.3. The molecule has 0 radical (unpaired) electrons. The molecular formula is C13H9N5O. The SMILES string of the molecule is O=C(Nc1ncc2ncccc2n1)c1cccnc1. The summed E-state index contributed by atoms with van der Waals surface area (Å²) in [6.07, 6.45) is 6.33. The first-order valence-electron chi connectivity index (χ1n) is 5.62. The molecule has 3 rings (SSSR count). The highest BCUT2D eigenvalue weighted by molar-refractivity contribution is 6.03. The number of carbonyl (C=O) groups is 1. The fraction of sp³-hybridized carbons (Fsp3) is 0. The minimum Gasteiger partial charge on any atom is -0.290 e. The number of carbonyl (C=O) groups excluding carboxylic acids is 1. The van der Waals surface area contributed by atoms with E-state index in [9.17, 15) is 4.79 Å². The molecule has 0 saturated carbocycles. The zero-order valence-corrected chi connectivity index (χ0v) is 9.82. The Morgan fingerprint density at radius 3 is 2.74 bits per heavy atom. The van der Waals surface area contributed by atoms with E-state index >= 15 is 0 Å². The van der Waals surface area contributed by atoms with E-state index in [1.165, 1.54) is 6.20 Å². The van der Waals surface area contributed by atoms with E-state index in [1.54, 1.807) is 36.8 Å². The Kier molecular flexibility index (Phi) is 2.82. The largest absolute Gasteiger partial charge is 0.290 e. The lowest BCUT2D eigenvalue weighted by Crippen LogP contribution is -2.14. The van der Waals surface area contributed by atoms with Gasteiger partial charge in [-0.15, -0.1) is 0 Å². The Morgan fingerprint density at radius 2 is 1.89 bits per heavy atom. The van der Waals surface area contributed by atoms with Gasteiger partial charge in [0.15, 0.2) is 0 Å². The maximum Gasteiger partial charge on any atom is 0.259 e. The van der Waals surface area contributed by atoms with Crippen LogP contribution in [-0.2, 0) is 0 Å². The Hall–Kier alpha value is -2.89. The molecule has 3 heterocycles. The number of aromatic nitrogens is 4. The molecule has 0 unspecified atom stereocenters. The second-order valence-corrected chi connectivity index (χ2v) is 3.80. The third-order valence-electron chi connectivity index (χ3n) is 2.50. The Balaban J connectivity index is 1.87. The predicted octanol–water partition coefficient (Wildman–Crippen LogP) is 1.67. The van der Waals surface area contributed by atoms with Crippen molar-refractivity contribution in [2.75, 3.05) is 5.32 Å². The average molecular weight is 251 g/mol. The van der Waals surface area contributed by atoms with Crippen LogP contribution in [0.3, 0.4) is 0 Å². The van der Waals surface area contributed by atoms with Crippen molar-refractivity contribution in [2.24, 2.45) is 0 Å². The van der Waals surface area contributed by atoms with Gasteiger partial charge in [0.05, 0.1) is 17.3 Å². The number of rotatable bonds is 2. The van der Waals surface area contributed by atoms with Gasteiger partial charge in [0.1, 0.15) is 5.52 Å². The van der Waals surface area contributed by atoms with Crippen LogP contribution in [0.2, 0.25) is 0 Å². The van der Waals surface area contributed by atoms with Gasteiger partial charge in [-0.1, -0.05) is 0 Å². The smallest absolute Gasteiger partial charge is 0.259 e. The van der Waals surface area contributed by atoms with Crippen LogP contribution in [0.25, 0.3) is 11.0 Å². The van der Waals surface area contributed by atoms with Crippen molar-refractivity contribution >= 4 is 22.9 Å². The molecule has 0 aliphatic rings. The minimum atomic E-state index is -0.295. The number of pyridine rings is 2. The Morgan fingerprint density at radius 1 is 1.00 bits per heavy atom. The highest BCUT2D eigenvalue weighted by atomic mass is 16.1. The van der Waals surface area contributed by atoms with Crippen molar-refractivity contribution in [1.29, 1.82) is 0 Å². The summed E-state index contributed by atoms with van der Waals surface area (Å²) in [6.45, 7) is 0. The molecule has 92 valence electrons. The van der Waals surface area contributed by atoms with Crippen LogP contribution in [0, 0.1) is 0 Å². The van der Waals surface area contributed by atoms with Gasteiger partial charge >= 0.3 is 0 Å². The van der Waals surface area contributed by atoms with Gasteiger partial charge in [0.2, 0.25) is 5.95 Å². The van der Waals surface area contributed by atoms with Crippen LogP contribution >= 0.6 is 0 Å². The molecule has 0 bridgehead atoms. The van der Waals surface area contributed by atoms with Crippen molar-refractivity contribution in [1.82, 2.24) is 19.9 Å². The van der Waals surface area contributed by atoms with Crippen molar-refractivity contribution < 1.29 is 4.79 Å². The third-order valence-corrected chi connectivity index (χ3v) is 2.50. The van der Waals surface area contributed by atoms with Gasteiger partial charge in [-0.05, 0) is 24.3 Å². The molecule has 0 aromatic carbocycles. The first-order valence-corrected chi connectivity index (χ1v) is 5.62. The second kappa shape index (κ2) is 4.77. The highest BCUT2D eigenvalue weighted by Crippen LogP contribution is 2.09. The van der Waals surface area contributed by atoms with E-state index in [0.717, 1.165) is 0 Å². The zero-order valence-electron chi connectivity index (χ0n) is 9.82. The topological polar surface area (TPSA) is 80.7 Å². The molecule has 0 saturated heterocycles. The van der Waals surface area contributed by atoms with Crippen molar-refractivity contribution in [2.45, 2.75) is 0 Å². The lowest BCUT2D eigenvalue weighted by Gasteiger charge is -2.03. The standard InChI is InChI=1S/C13H9N5O/c19-12(9-3-1-5-14-7-9)18-13-16-8-11-10(17-13)4-2-6-15-11/h1-8H,(H,16,17,18,19). The fourth-order valence-electron chi connectivity index (χ4n) is 1.60. The van der Waals surface area contributed by atoms with Crippen LogP contribution < -0.4 is 5.32 Å². The second-order valence-electron chi connectivity index (χ2n) is 3.80. The van der Waals surface area contributed by atoms with E-state index in [4.69, 9.17) is 0 Å². The number of nitrogens with zero attached hydrogens (tertiary/aromatic N) is 4. The molecule has 19 heavy (non-hydrogen) atoms. The summed E-state index contributed by atoms with van der Waals surface area (Å²) in [5.74, 6) is -0.0503. The van der Waals surface area contributed by atoms with E-state index in [0.29, 0.717) is 16.6 Å². The molecule has 6 nitrogen and oxygen atoms in total. The summed E-state index contributed by atoms with van der Waals surface area (Å²) >= 11 is 0. The summed E-state index contributed by atoms with van der Waals surface area (Å²) in [4.78, 5) is 28.2. The van der Waals surface area contributed by atoms with E-state index in [2.05, 4.69) is 25.3 Å². The number of hydrogen-bond donors (Lipinski definition) is 1. The molecule has 3 aromatic heterocycles. The van der Waals surface area contributed by atoms with Gasteiger partial charge in [-0.25, -0.2) is 9.97 Å². The van der Waals surface area contributed by atoms with Gasteiger partial charge in [0.25, 0.3) is 5.91 Å². The number of anilines is 1. The van der Waals surface area contributed by atoms with E-state index in [-0.39, 0.29) is 11.9 Å². The third kappa shape index (κ3) is 2.37. The highest BCUT2D eigenvalue weighted by Gasteiger charge is 2.08. The summed E-state index contributed by atoms with van der Waals surface area (Å²) in [6, 6.07) is 6.96. The predicted molar refractivity (Wildman–Crippen MR) is 69.5 cm³/mol. The van der Waals surface area contributed by atoms with Gasteiger partial charge in [-0.2, -0.15) is 0 Å². The molecule has 3 aromatic rings. The average Bonchev–Trinajstić information content (AvgIpc) is 2.48. The lowest BCUT2D eigenvalue weighted by atomic mass is 10.3. The van der Waals surface area contributed by atoms with Crippen LogP contribution in [0.1, 0.15) is 10.4 Å². The molecular weight excluding hydrogens is 242 g/mol. The van der Waals surface area contributed by atoms with Crippen molar-refractivity contribution in [3.8, 4) is 0 Å². The van der Waals surface area contributed by atoms with Crippen molar-refractivity contribution in [3.05, 3.63) is 54.6 Å². The lowest BCUT2D eigenvalue weighted by molar-refractivity contribution is 0.102. The van der Waals surface area contributed by atoms with Crippen LogP contribution in [0.4, 0.5) is 5.95 Å². The first kappa shape index (κ1) is 11.2. The molecule has 0 fully saturated rings. The van der Waals surface area contributed by atoms with E-state index < -0.39 is 0 Å². The monoisotopic (exact) mass is 251 g/mol. The minimum absolute atomic E-state index is 0.245. The van der Waals surface area contributed by atoms with Gasteiger partial charge < -0.3 is 0 Å². The maximum absolute atomic E-state index is 11.9. The Labute approximate surface area is 108 Å². The fourth-order valence-corrected chi connectivity index (χ4v) is 1.60. The summed E-state index contributed by atoms with van der Waals surface area (Å²) in [5.41, 5.74) is 1.82. The summed E-state index contributed by atoms with van der Waals surface area (Å²) in [5, 5.41) is 2.62. The molecule has 0 aliphatic heterocycles. The van der Waals surface area contributed by atoms with Crippen molar-refractivity contribution in [3.63, 3.8) is 0 Å². The zero-order chi connectivity index (χ0) is 13.1. The molecule has 1 amide bonds. The van der Waals surface area contributed by atoms with Crippen LogP contribution in [0.5, 0.6) is 0 Å². The quantitative estimate of drug-likeness (QED) is 0.749. The van der Waals surface area contributed by atoms with Crippen LogP contribution in [0.15, 0.2) is 49.1 Å². The molecule has 0 atom stereocenters. The van der Waals surface area contributed by atoms with Crippen LogP contribution in [-0.4, -0.2) is 25.8 Å². The van der Waals surface area contributed by atoms with E-state index in [1.807, 2.05) is 6.07 Å². The molecule has 0 spiro atoms. The molecule has 1 N–H and O–H groups in total. The summed E-state index contributed by atoms with van der Waals surface area (Å²) < 4.78 is 0. The number of hydrogen-bond acceptors (Lipinski definition) is 5. The molecule has 6 heteroatoms. The van der Waals surface area contributed by atoms with Gasteiger partial charge in [-0.3, -0.25) is 20.1 Å². The number of nitrogens with one attached hydrogen (secondary N) is 1. The number of fused-ring (bicyclic) bond motifs is 1. The van der Waals surface area contributed by atoms with Gasteiger partial charge in [0, 0.05) is 18.6 Å². The Bertz CT molecular complexity index is 729. The first-order chi connectivity index (χ1) is 9.33. The maximum atomic E-state index is 11.9.